The van der Waals surface area contributed by atoms with E-state index >= 15 is 0 Å². The van der Waals surface area contributed by atoms with E-state index in [2.05, 4.69) is 11.2 Å². The number of nitro groups is 1. The Bertz CT molecular complexity index is 457. The summed E-state index contributed by atoms with van der Waals surface area (Å²) in [5, 5.41) is 22.9. The summed E-state index contributed by atoms with van der Waals surface area (Å²) < 4.78 is 0. The van der Waals surface area contributed by atoms with E-state index in [0.717, 1.165) is 0 Å². The molecule has 0 aliphatic rings. The molecule has 0 bridgehead atoms. The van der Waals surface area contributed by atoms with E-state index in [0.29, 0.717) is 0 Å². The maximum absolute atomic E-state index is 10.8. The highest BCUT2D eigenvalue weighted by Crippen LogP contribution is 2.28. The van der Waals surface area contributed by atoms with Crippen LogP contribution in [0.2, 0.25) is 5.02 Å². The van der Waals surface area contributed by atoms with Gasteiger partial charge in [-0.3, -0.25) is 10.1 Å². The van der Waals surface area contributed by atoms with Crippen molar-refractivity contribution in [3.8, 4) is 12.3 Å². The van der Waals surface area contributed by atoms with Crippen molar-refractivity contribution in [3.05, 3.63) is 33.3 Å². The number of halogens is 1. The van der Waals surface area contributed by atoms with Crippen LogP contribution < -0.4 is 5.32 Å². The van der Waals surface area contributed by atoms with Crippen molar-refractivity contribution in [2.75, 3.05) is 11.9 Å². The normalized spacial score (nSPS) is 11.6. The van der Waals surface area contributed by atoms with Gasteiger partial charge in [0.05, 0.1) is 17.6 Å². The van der Waals surface area contributed by atoms with Crippen molar-refractivity contribution in [2.45, 2.75) is 12.5 Å². The number of nitrogens with one attached hydrogen (secondary N) is 1. The predicted molar refractivity (Wildman–Crippen MR) is 66.1 cm³/mol. The Balaban J connectivity index is 2.97. The summed E-state index contributed by atoms with van der Waals surface area (Å²) in [4.78, 5) is 10.3. The molecule has 1 aromatic carbocycles. The second kappa shape index (κ2) is 6.09. The molecule has 0 heterocycles. The molecule has 1 aromatic rings. The average molecular weight is 255 g/mol. The molecule has 0 aromatic heterocycles. The molecule has 0 amide bonds. The van der Waals surface area contributed by atoms with Gasteiger partial charge in [-0.1, -0.05) is 11.6 Å². The fraction of sp³-hybridized carbons (Fsp3) is 0.273. The number of terminal acetylenes is 1. The summed E-state index contributed by atoms with van der Waals surface area (Å²) in [6, 6.07) is 3.84. The van der Waals surface area contributed by atoms with Crippen molar-refractivity contribution in [3.63, 3.8) is 0 Å². The molecule has 90 valence electrons. The molecule has 1 atom stereocenters. The Morgan fingerprint density at radius 1 is 1.65 bits per heavy atom. The molecule has 0 radical (unpaired) electrons. The lowest BCUT2D eigenvalue weighted by molar-refractivity contribution is -0.384. The van der Waals surface area contributed by atoms with E-state index in [9.17, 15) is 10.1 Å². The zero-order valence-corrected chi connectivity index (χ0v) is 9.65. The van der Waals surface area contributed by atoms with Gasteiger partial charge in [-0.25, -0.2) is 0 Å². The average Bonchev–Trinajstić information content (AvgIpc) is 2.30. The molecule has 5 nitrogen and oxygen atoms in total. The number of nitro benzene ring substituents is 1. The maximum atomic E-state index is 10.8. The highest BCUT2D eigenvalue weighted by molar-refractivity contribution is 6.30. The molecule has 0 saturated heterocycles. The van der Waals surface area contributed by atoms with Crippen LogP contribution in [0.15, 0.2) is 18.2 Å². The molecule has 2 N–H and O–H groups in total. The molecular weight excluding hydrogens is 244 g/mol. The molecule has 0 unspecified atom stereocenters. The van der Waals surface area contributed by atoms with Gasteiger partial charge in [0, 0.05) is 17.5 Å². The fourth-order valence-electron chi connectivity index (χ4n) is 1.30. The third-order valence-electron chi connectivity index (χ3n) is 2.10. The number of benzene rings is 1. The lowest BCUT2D eigenvalue weighted by Gasteiger charge is -2.14. The minimum atomic E-state index is -0.543. The first-order valence-corrected chi connectivity index (χ1v) is 5.21. The van der Waals surface area contributed by atoms with Crippen molar-refractivity contribution >= 4 is 23.0 Å². The minimum absolute atomic E-state index is 0.145. The van der Waals surface area contributed by atoms with Gasteiger partial charge in [0.25, 0.3) is 5.69 Å². The van der Waals surface area contributed by atoms with Gasteiger partial charge < -0.3 is 10.4 Å². The van der Waals surface area contributed by atoms with Gasteiger partial charge in [-0.05, 0) is 12.1 Å². The number of hydrogen-bond donors (Lipinski definition) is 2. The quantitative estimate of drug-likeness (QED) is 0.479. The summed E-state index contributed by atoms with van der Waals surface area (Å²) in [5.41, 5.74) is 0.140. The number of rotatable bonds is 5. The third kappa shape index (κ3) is 3.63. The zero-order valence-electron chi connectivity index (χ0n) is 8.89. The second-order valence-electron chi connectivity index (χ2n) is 3.35. The van der Waals surface area contributed by atoms with Gasteiger partial charge in [-0.2, -0.15) is 0 Å². The standard InChI is InChI=1S/C11H11ClN2O3/c1-2-3-9(7-15)13-10-5-4-8(12)6-11(10)14(16)17/h1,4-6,9,13,15H,3,7H2/t9-/m1/s1. The summed E-state index contributed by atoms with van der Waals surface area (Å²) in [7, 11) is 0. The van der Waals surface area contributed by atoms with Crippen LogP contribution in [0.5, 0.6) is 0 Å². The van der Waals surface area contributed by atoms with Crippen LogP contribution in [0.25, 0.3) is 0 Å². The fourth-order valence-corrected chi connectivity index (χ4v) is 1.47. The van der Waals surface area contributed by atoms with Crippen LogP contribution in [0, 0.1) is 22.5 Å². The summed E-state index contributed by atoms with van der Waals surface area (Å²) >= 11 is 5.68. The molecule has 0 saturated carbocycles. The van der Waals surface area contributed by atoms with Crippen LogP contribution in [-0.4, -0.2) is 22.7 Å². The van der Waals surface area contributed by atoms with Gasteiger partial charge in [0.1, 0.15) is 5.69 Å². The zero-order chi connectivity index (χ0) is 12.8. The van der Waals surface area contributed by atoms with Crippen LogP contribution in [0.4, 0.5) is 11.4 Å². The molecule has 6 heteroatoms. The van der Waals surface area contributed by atoms with E-state index < -0.39 is 11.0 Å². The maximum Gasteiger partial charge on any atom is 0.293 e. The molecule has 17 heavy (non-hydrogen) atoms. The van der Waals surface area contributed by atoms with Crippen molar-refractivity contribution in [1.29, 1.82) is 0 Å². The van der Waals surface area contributed by atoms with Crippen LogP contribution >= 0.6 is 11.6 Å². The van der Waals surface area contributed by atoms with Crippen LogP contribution in [-0.2, 0) is 0 Å². The monoisotopic (exact) mass is 254 g/mol. The number of nitrogens with zero attached hydrogens (tertiary/aromatic N) is 1. The Morgan fingerprint density at radius 2 is 2.35 bits per heavy atom. The van der Waals surface area contributed by atoms with E-state index in [1.165, 1.54) is 18.2 Å². The van der Waals surface area contributed by atoms with Crippen molar-refractivity contribution < 1.29 is 10.0 Å². The van der Waals surface area contributed by atoms with Gasteiger partial charge in [0.2, 0.25) is 0 Å². The number of anilines is 1. The first kappa shape index (κ1) is 13.3. The number of hydrogen-bond acceptors (Lipinski definition) is 4. The van der Waals surface area contributed by atoms with E-state index in [1.807, 2.05) is 0 Å². The summed E-state index contributed by atoms with van der Waals surface area (Å²) in [6.07, 6.45) is 5.40. The minimum Gasteiger partial charge on any atom is -0.394 e. The number of aliphatic hydroxyl groups is 1. The topological polar surface area (TPSA) is 75.4 Å². The van der Waals surface area contributed by atoms with E-state index in [-0.39, 0.29) is 29.4 Å². The number of aliphatic hydroxyl groups excluding tert-OH is 1. The first-order valence-electron chi connectivity index (χ1n) is 4.83. The smallest absolute Gasteiger partial charge is 0.293 e. The molecule has 0 fully saturated rings. The Labute approximate surface area is 104 Å². The molecular formula is C11H11ClN2O3. The highest BCUT2D eigenvalue weighted by Gasteiger charge is 2.16. The summed E-state index contributed by atoms with van der Waals surface area (Å²) in [5.74, 6) is 2.38. The largest absolute Gasteiger partial charge is 0.394 e. The van der Waals surface area contributed by atoms with Crippen molar-refractivity contribution in [1.82, 2.24) is 0 Å². The summed E-state index contributed by atoms with van der Waals surface area (Å²) in [6.45, 7) is -0.204. The molecule has 0 aliphatic carbocycles. The van der Waals surface area contributed by atoms with Crippen molar-refractivity contribution in [2.24, 2.45) is 0 Å². The van der Waals surface area contributed by atoms with Gasteiger partial charge >= 0.3 is 0 Å². The second-order valence-corrected chi connectivity index (χ2v) is 3.79. The SMILES string of the molecule is C#CC[C@H](CO)Nc1ccc(Cl)cc1[N+](=O)[O-]. The molecule has 0 spiro atoms. The first-order chi connectivity index (χ1) is 8.08. The molecule has 1 rings (SSSR count). The Hall–Kier alpha value is -1.77. The highest BCUT2D eigenvalue weighted by atomic mass is 35.5. The third-order valence-corrected chi connectivity index (χ3v) is 2.34. The van der Waals surface area contributed by atoms with Crippen LogP contribution in [0.3, 0.4) is 0 Å². The lowest BCUT2D eigenvalue weighted by Crippen LogP contribution is -2.23. The van der Waals surface area contributed by atoms with E-state index in [4.69, 9.17) is 23.1 Å². The van der Waals surface area contributed by atoms with Gasteiger partial charge in [0.15, 0.2) is 0 Å². The predicted octanol–water partition coefficient (Wildman–Crippen LogP) is 2.04. The Kier molecular flexibility index (Phi) is 4.76. The molecule has 0 aliphatic heterocycles. The van der Waals surface area contributed by atoms with E-state index in [1.54, 1.807) is 0 Å². The lowest BCUT2D eigenvalue weighted by atomic mass is 10.2. The van der Waals surface area contributed by atoms with Crippen LogP contribution in [0.1, 0.15) is 6.42 Å². The van der Waals surface area contributed by atoms with Gasteiger partial charge in [-0.15, -0.1) is 12.3 Å². The Morgan fingerprint density at radius 3 is 2.88 bits per heavy atom.